The summed E-state index contributed by atoms with van der Waals surface area (Å²) in [6.07, 6.45) is 3.91. The number of nitrogens with one attached hydrogen (secondary N) is 1. The first-order valence-corrected chi connectivity index (χ1v) is 12.0. The number of likely N-dealkylation sites (tertiary alicyclic amines) is 1. The molecule has 2 rings (SSSR count). The Hall–Kier alpha value is -2.41. The van der Waals surface area contributed by atoms with E-state index >= 15 is 0 Å². The number of esters is 1. The van der Waals surface area contributed by atoms with E-state index in [2.05, 4.69) is 19.2 Å². The van der Waals surface area contributed by atoms with Crippen LogP contribution in [0.3, 0.4) is 0 Å². The molecule has 0 saturated carbocycles. The van der Waals surface area contributed by atoms with Crippen LogP contribution in [-0.2, 0) is 14.3 Å². The van der Waals surface area contributed by atoms with Crippen molar-refractivity contribution in [3.63, 3.8) is 0 Å². The third-order valence-corrected chi connectivity index (χ3v) is 6.00. The van der Waals surface area contributed by atoms with E-state index in [9.17, 15) is 14.4 Å². The van der Waals surface area contributed by atoms with Crippen LogP contribution in [0.4, 0.5) is 0 Å². The van der Waals surface area contributed by atoms with Crippen LogP contribution >= 0.6 is 0 Å². The number of carbonyl (C=O) groups excluding carboxylic acids is 3. The SMILES string of the molecule is CCC(C)C[C@H](NC(=O)C1CCCCN1CC(=O)c1cccc(OC)c1)C(=O)OC(C)(C)C. The minimum Gasteiger partial charge on any atom is -0.497 e. The second-order valence-corrected chi connectivity index (χ2v) is 9.98. The van der Waals surface area contributed by atoms with Crippen LogP contribution in [0.15, 0.2) is 24.3 Å². The Bertz CT molecular complexity index is 817. The van der Waals surface area contributed by atoms with E-state index in [-0.39, 0.29) is 24.2 Å². The highest BCUT2D eigenvalue weighted by Crippen LogP contribution is 2.21. The Morgan fingerprint density at radius 3 is 2.58 bits per heavy atom. The van der Waals surface area contributed by atoms with E-state index in [0.29, 0.717) is 30.7 Å². The van der Waals surface area contributed by atoms with Crippen LogP contribution in [0.2, 0.25) is 0 Å². The maximum Gasteiger partial charge on any atom is 0.329 e. The van der Waals surface area contributed by atoms with Crippen molar-refractivity contribution in [3.05, 3.63) is 29.8 Å². The number of piperidine rings is 1. The van der Waals surface area contributed by atoms with Gasteiger partial charge in [0.15, 0.2) is 5.78 Å². The Kier molecular flexibility index (Phi) is 9.89. The van der Waals surface area contributed by atoms with Gasteiger partial charge in [-0.25, -0.2) is 4.79 Å². The molecule has 0 aromatic heterocycles. The molecule has 1 aliphatic heterocycles. The lowest BCUT2D eigenvalue weighted by atomic mass is 9.97. The molecule has 7 heteroatoms. The predicted molar refractivity (Wildman–Crippen MR) is 128 cm³/mol. The van der Waals surface area contributed by atoms with Crippen molar-refractivity contribution in [2.75, 3.05) is 20.2 Å². The Morgan fingerprint density at radius 2 is 1.94 bits per heavy atom. The van der Waals surface area contributed by atoms with E-state index in [0.717, 1.165) is 19.3 Å². The molecule has 3 atom stereocenters. The van der Waals surface area contributed by atoms with Crippen molar-refractivity contribution >= 4 is 17.7 Å². The zero-order valence-electron chi connectivity index (χ0n) is 21.0. The summed E-state index contributed by atoms with van der Waals surface area (Å²) < 4.78 is 10.8. The molecular formula is C26H40N2O5. The molecule has 1 saturated heterocycles. The van der Waals surface area contributed by atoms with Gasteiger partial charge in [-0.05, 0) is 64.6 Å². The lowest BCUT2D eigenvalue weighted by Crippen LogP contribution is -2.55. The van der Waals surface area contributed by atoms with Gasteiger partial charge in [0.25, 0.3) is 0 Å². The van der Waals surface area contributed by atoms with E-state index in [1.165, 1.54) is 0 Å². The lowest BCUT2D eigenvalue weighted by Gasteiger charge is -2.35. The largest absolute Gasteiger partial charge is 0.497 e. The van der Waals surface area contributed by atoms with Gasteiger partial charge in [0.05, 0.1) is 19.7 Å². The maximum absolute atomic E-state index is 13.3. The standard InChI is InChI=1S/C26H40N2O5/c1-7-18(2)15-21(25(31)33-26(3,4)5)27-24(30)22-13-8-9-14-28(22)17-23(29)19-11-10-12-20(16-19)32-6/h10-12,16,18,21-22H,7-9,13-15,17H2,1-6H3,(H,27,30)/t18?,21-,22?/m0/s1. The second kappa shape index (κ2) is 12.2. The molecule has 7 nitrogen and oxygen atoms in total. The Morgan fingerprint density at radius 1 is 1.21 bits per heavy atom. The molecule has 1 fully saturated rings. The van der Waals surface area contributed by atoms with Gasteiger partial charge in [-0.2, -0.15) is 0 Å². The van der Waals surface area contributed by atoms with Crippen molar-refractivity contribution in [2.24, 2.45) is 5.92 Å². The minimum atomic E-state index is -0.704. The molecule has 0 bridgehead atoms. The second-order valence-electron chi connectivity index (χ2n) is 9.98. The fourth-order valence-electron chi connectivity index (χ4n) is 3.97. The Labute approximate surface area is 198 Å². The summed E-state index contributed by atoms with van der Waals surface area (Å²) in [5.41, 5.74) is -0.0716. The first kappa shape index (κ1) is 26.8. The van der Waals surface area contributed by atoms with Crippen LogP contribution in [0.5, 0.6) is 5.75 Å². The lowest BCUT2D eigenvalue weighted by molar-refractivity contribution is -0.159. The molecule has 0 aliphatic carbocycles. The van der Waals surface area contributed by atoms with Crippen molar-refractivity contribution in [3.8, 4) is 5.75 Å². The van der Waals surface area contributed by atoms with Gasteiger partial charge < -0.3 is 14.8 Å². The van der Waals surface area contributed by atoms with Gasteiger partial charge >= 0.3 is 5.97 Å². The topological polar surface area (TPSA) is 84.9 Å². The van der Waals surface area contributed by atoms with Crippen LogP contribution in [0, 0.1) is 5.92 Å². The van der Waals surface area contributed by atoms with Gasteiger partial charge in [-0.3, -0.25) is 14.5 Å². The molecule has 2 unspecified atom stereocenters. The number of amides is 1. The molecule has 33 heavy (non-hydrogen) atoms. The molecule has 1 amide bonds. The fourth-order valence-corrected chi connectivity index (χ4v) is 3.97. The molecule has 1 aromatic carbocycles. The smallest absolute Gasteiger partial charge is 0.329 e. The fraction of sp³-hybridized carbons (Fsp3) is 0.654. The van der Waals surface area contributed by atoms with Gasteiger partial charge in [0.1, 0.15) is 17.4 Å². The molecule has 184 valence electrons. The maximum atomic E-state index is 13.3. The number of carbonyl (C=O) groups is 3. The quantitative estimate of drug-likeness (QED) is 0.420. The molecule has 0 radical (unpaired) electrons. The number of ketones is 1. The minimum absolute atomic E-state index is 0.0584. The van der Waals surface area contributed by atoms with Crippen molar-refractivity contribution in [1.29, 1.82) is 0 Å². The van der Waals surface area contributed by atoms with Gasteiger partial charge in [0.2, 0.25) is 5.91 Å². The van der Waals surface area contributed by atoms with Gasteiger partial charge in [-0.15, -0.1) is 0 Å². The third kappa shape index (κ3) is 8.46. The summed E-state index contributed by atoms with van der Waals surface area (Å²) >= 11 is 0. The molecule has 0 spiro atoms. The van der Waals surface area contributed by atoms with E-state index in [1.54, 1.807) is 31.4 Å². The molecule has 1 aliphatic rings. The average Bonchev–Trinajstić information content (AvgIpc) is 2.77. The molecule has 1 aromatic rings. The summed E-state index contributed by atoms with van der Waals surface area (Å²) in [7, 11) is 1.56. The zero-order chi connectivity index (χ0) is 24.6. The van der Waals surface area contributed by atoms with Crippen LogP contribution in [0.1, 0.15) is 77.1 Å². The number of rotatable bonds is 10. The molecule has 1 heterocycles. The zero-order valence-corrected chi connectivity index (χ0v) is 21.0. The van der Waals surface area contributed by atoms with Crippen molar-refractivity contribution < 1.29 is 23.9 Å². The normalized spacial score (nSPS) is 18.8. The van der Waals surface area contributed by atoms with E-state index < -0.39 is 23.7 Å². The van der Waals surface area contributed by atoms with Crippen LogP contribution < -0.4 is 10.1 Å². The summed E-state index contributed by atoms with van der Waals surface area (Å²) in [6, 6.07) is 5.90. The predicted octanol–water partition coefficient (Wildman–Crippen LogP) is 4.00. The number of ether oxygens (including phenoxy) is 2. The van der Waals surface area contributed by atoms with Crippen molar-refractivity contribution in [2.45, 2.75) is 84.4 Å². The first-order chi connectivity index (χ1) is 15.5. The number of hydrogen-bond acceptors (Lipinski definition) is 6. The van der Waals surface area contributed by atoms with Crippen LogP contribution in [-0.4, -0.2) is 60.4 Å². The number of Topliss-reactive ketones (excluding diaryl/α,β-unsaturated/α-hetero) is 1. The summed E-state index contributed by atoms with van der Waals surface area (Å²) in [5, 5.41) is 2.95. The van der Waals surface area contributed by atoms with Gasteiger partial charge in [-0.1, -0.05) is 38.8 Å². The number of methoxy groups -OCH3 is 1. The van der Waals surface area contributed by atoms with E-state index in [1.807, 2.05) is 25.7 Å². The highest BCUT2D eigenvalue weighted by molar-refractivity contribution is 5.98. The number of hydrogen-bond donors (Lipinski definition) is 1. The highest BCUT2D eigenvalue weighted by Gasteiger charge is 2.34. The number of benzene rings is 1. The Balaban J connectivity index is 2.12. The van der Waals surface area contributed by atoms with Crippen molar-refractivity contribution in [1.82, 2.24) is 10.2 Å². The van der Waals surface area contributed by atoms with Gasteiger partial charge in [0, 0.05) is 5.56 Å². The van der Waals surface area contributed by atoms with Crippen LogP contribution in [0.25, 0.3) is 0 Å². The molecule has 1 N–H and O–H groups in total. The first-order valence-electron chi connectivity index (χ1n) is 12.0. The monoisotopic (exact) mass is 460 g/mol. The van der Waals surface area contributed by atoms with E-state index in [4.69, 9.17) is 9.47 Å². The third-order valence-electron chi connectivity index (χ3n) is 6.00. The highest BCUT2D eigenvalue weighted by atomic mass is 16.6. The molecular weight excluding hydrogens is 420 g/mol. The summed E-state index contributed by atoms with van der Waals surface area (Å²) in [6.45, 7) is 10.4. The average molecular weight is 461 g/mol. The summed E-state index contributed by atoms with van der Waals surface area (Å²) in [4.78, 5) is 40.9. The number of nitrogens with zero attached hydrogens (tertiary/aromatic N) is 1. The summed E-state index contributed by atoms with van der Waals surface area (Å²) in [5.74, 6) is 0.203.